The predicted molar refractivity (Wildman–Crippen MR) is 91.3 cm³/mol. The fourth-order valence-electron chi connectivity index (χ4n) is 3.57. The fraction of sp³-hybridized carbons (Fsp3) is 0.500. The number of anilines is 1. The van der Waals surface area contributed by atoms with Crippen molar-refractivity contribution < 1.29 is 14.1 Å². The van der Waals surface area contributed by atoms with Gasteiger partial charge in [-0.25, -0.2) is 0 Å². The average molecular weight is 342 g/mol. The molecule has 132 valence electrons. The Labute approximate surface area is 146 Å². The molecule has 1 fully saturated rings. The van der Waals surface area contributed by atoms with Crippen LogP contribution in [0.15, 0.2) is 28.8 Å². The summed E-state index contributed by atoms with van der Waals surface area (Å²) in [5, 5.41) is 3.82. The molecule has 0 unspecified atom stereocenters. The maximum absolute atomic E-state index is 12.9. The van der Waals surface area contributed by atoms with Crippen LogP contribution in [-0.4, -0.2) is 53.2 Å². The number of fused-ring (bicyclic) bond motifs is 1. The molecule has 7 nitrogen and oxygen atoms in total. The molecule has 0 N–H and O–H groups in total. The van der Waals surface area contributed by atoms with E-state index in [2.05, 4.69) is 27.2 Å². The number of carbonyl (C=O) groups excluding carboxylic acids is 1. The van der Waals surface area contributed by atoms with Crippen LogP contribution in [0.2, 0.25) is 0 Å². The molecule has 1 amide bonds. The van der Waals surface area contributed by atoms with E-state index < -0.39 is 0 Å². The van der Waals surface area contributed by atoms with Gasteiger partial charge in [-0.3, -0.25) is 4.79 Å². The lowest BCUT2D eigenvalue weighted by Gasteiger charge is -2.36. The molecule has 4 rings (SSSR count). The highest BCUT2D eigenvalue weighted by Crippen LogP contribution is 2.28. The van der Waals surface area contributed by atoms with E-state index in [1.165, 1.54) is 11.3 Å². The van der Waals surface area contributed by atoms with Crippen molar-refractivity contribution >= 4 is 11.6 Å². The zero-order chi connectivity index (χ0) is 17.4. The lowest BCUT2D eigenvalue weighted by Crippen LogP contribution is -2.49. The van der Waals surface area contributed by atoms with E-state index in [-0.39, 0.29) is 18.1 Å². The Hall–Kier alpha value is -2.41. The van der Waals surface area contributed by atoms with Crippen LogP contribution >= 0.6 is 0 Å². The SMILES string of the molecule is Cc1noc([C@H]2CN(C(=O)CN3CCc4ccccc43)C[C@@H](C)O2)n1. The monoisotopic (exact) mass is 342 g/mol. The smallest absolute Gasteiger partial charge is 0.257 e. The van der Waals surface area contributed by atoms with Crippen molar-refractivity contribution in [3.63, 3.8) is 0 Å². The molecule has 0 spiro atoms. The van der Waals surface area contributed by atoms with Gasteiger partial charge < -0.3 is 19.1 Å². The van der Waals surface area contributed by atoms with Crippen LogP contribution in [0.4, 0.5) is 5.69 Å². The molecular weight excluding hydrogens is 320 g/mol. The first-order valence-corrected chi connectivity index (χ1v) is 8.66. The second kappa shape index (κ2) is 6.48. The topological polar surface area (TPSA) is 71.7 Å². The first kappa shape index (κ1) is 16.1. The summed E-state index contributed by atoms with van der Waals surface area (Å²) >= 11 is 0. The molecule has 0 radical (unpaired) electrons. The van der Waals surface area contributed by atoms with Crippen LogP contribution in [0.5, 0.6) is 0 Å². The number of nitrogens with zero attached hydrogens (tertiary/aromatic N) is 4. The van der Waals surface area contributed by atoms with E-state index in [1.54, 1.807) is 6.92 Å². The van der Waals surface area contributed by atoms with Crippen LogP contribution in [0.1, 0.15) is 30.3 Å². The molecule has 1 saturated heterocycles. The number of rotatable bonds is 3. The first-order valence-electron chi connectivity index (χ1n) is 8.66. The highest BCUT2D eigenvalue weighted by molar-refractivity contribution is 5.82. The van der Waals surface area contributed by atoms with E-state index >= 15 is 0 Å². The number of hydrogen-bond acceptors (Lipinski definition) is 6. The lowest BCUT2D eigenvalue weighted by atomic mass is 10.2. The Morgan fingerprint density at radius 1 is 1.32 bits per heavy atom. The molecule has 1 aromatic carbocycles. The van der Waals surface area contributed by atoms with E-state index in [0.29, 0.717) is 31.3 Å². The van der Waals surface area contributed by atoms with Crippen molar-refractivity contribution in [3.05, 3.63) is 41.5 Å². The molecule has 25 heavy (non-hydrogen) atoms. The predicted octanol–water partition coefficient (Wildman–Crippen LogP) is 1.73. The average Bonchev–Trinajstić information content (AvgIpc) is 3.21. The summed E-state index contributed by atoms with van der Waals surface area (Å²) in [6, 6.07) is 8.28. The summed E-state index contributed by atoms with van der Waals surface area (Å²) in [5.41, 5.74) is 2.48. The number of aromatic nitrogens is 2. The molecule has 2 aliphatic heterocycles. The number of amides is 1. The maximum Gasteiger partial charge on any atom is 0.257 e. The van der Waals surface area contributed by atoms with Gasteiger partial charge in [-0.15, -0.1) is 0 Å². The van der Waals surface area contributed by atoms with Gasteiger partial charge in [0.15, 0.2) is 11.9 Å². The Bertz CT molecular complexity index is 775. The number of benzene rings is 1. The highest BCUT2D eigenvalue weighted by atomic mass is 16.5. The zero-order valence-electron chi connectivity index (χ0n) is 14.5. The molecule has 1 aromatic heterocycles. The molecule has 2 atom stereocenters. The van der Waals surface area contributed by atoms with Gasteiger partial charge in [0, 0.05) is 18.8 Å². The third kappa shape index (κ3) is 3.24. The number of ether oxygens (including phenoxy) is 1. The third-order valence-electron chi connectivity index (χ3n) is 4.74. The third-order valence-corrected chi connectivity index (χ3v) is 4.74. The van der Waals surface area contributed by atoms with Gasteiger partial charge in [0.25, 0.3) is 5.89 Å². The molecule has 0 aliphatic carbocycles. The van der Waals surface area contributed by atoms with Crippen molar-refractivity contribution in [1.29, 1.82) is 0 Å². The van der Waals surface area contributed by atoms with Crippen LogP contribution in [-0.2, 0) is 16.0 Å². The standard InChI is InChI=1S/C18H22N4O3/c1-12-9-22(10-16(24-12)18-19-13(2)20-25-18)17(23)11-21-8-7-14-5-3-4-6-15(14)21/h3-6,12,16H,7-11H2,1-2H3/t12-,16-/m1/s1. The molecule has 0 saturated carbocycles. The molecule has 0 bridgehead atoms. The van der Waals surface area contributed by atoms with Crippen LogP contribution in [0, 0.1) is 6.92 Å². The van der Waals surface area contributed by atoms with Gasteiger partial charge in [-0.05, 0) is 31.9 Å². The summed E-state index contributed by atoms with van der Waals surface area (Å²) in [6.07, 6.45) is 0.563. The Morgan fingerprint density at radius 2 is 2.16 bits per heavy atom. The summed E-state index contributed by atoms with van der Waals surface area (Å²) in [5.74, 6) is 1.12. The van der Waals surface area contributed by atoms with Crippen LogP contribution in [0.25, 0.3) is 0 Å². The second-order valence-corrected chi connectivity index (χ2v) is 6.71. The number of aryl methyl sites for hydroxylation is 1. The van der Waals surface area contributed by atoms with Crippen molar-refractivity contribution in [1.82, 2.24) is 15.0 Å². The minimum absolute atomic E-state index is 0.0687. The zero-order valence-corrected chi connectivity index (χ0v) is 14.5. The molecule has 2 aliphatic rings. The van der Waals surface area contributed by atoms with E-state index in [9.17, 15) is 4.79 Å². The second-order valence-electron chi connectivity index (χ2n) is 6.71. The van der Waals surface area contributed by atoms with Gasteiger partial charge >= 0.3 is 0 Å². The van der Waals surface area contributed by atoms with Crippen molar-refractivity contribution in [2.45, 2.75) is 32.5 Å². The first-order chi connectivity index (χ1) is 12.1. The van der Waals surface area contributed by atoms with Gasteiger partial charge in [0.2, 0.25) is 5.91 Å². The Kier molecular flexibility index (Phi) is 4.17. The molecular formula is C18H22N4O3. The minimum Gasteiger partial charge on any atom is -0.362 e. The number of morpholine rings is 1. The van der Waals surface area contributed by atoms with Crippen LogP contribution in [0.3, 0.4) is 0 Å². The number of para-hydroxylation sites is 1. The summed E-state index contributed by atoms with van der Waals surface area (Å²) in [7, 11) is 0. The quantitative estimate of drug-likeness (QED) is 0.846. The van der Waals surface area contributed by atoms with E-state index in [0.717, 1.165) is 13.0 Å². The van der Waals surface area contributed by atoms with Gasteiger partial charge in [-0.1, -0.05) is 23.4 Å². The van der Waals surface area contributed by atoms with Gasteiger partial charge in [0.05, 0.1) is 19.2 Å². The largest absolute Gasteiger partial charge is 0.362 e. The number of hydrogen-bond donors (Lipinski definition) is 0. The number of carbonyl (C=O) groups is 1. The highest BCUT2D eigenvalue weighted by Gasteiger charge is 2.33. The summed E-state index contributed by atoms with van der Waals surface area (Å²) in [6.45, 7) is 6.03. The normalized spacial score (nSPS) is 23.0. The van der Waals surface area contributed by atoms with Gasteiger partial charge in [-0.2, -0.15) is 4.98 Å². The fourth-order valence-corrected chi connectivity index (χ4v) is 3.57. The maximum atomic E-state index is 12.9. The Balaban J connectivity index is 1.45. The molecule has 2 aromatic rings. The van der Waals surface area contributed by atoms with Crippen molar-refractivity contribution in [3.8, 4) is 0 Å². The van der Waals surface area contributed by atoms with Crippen molar-refractivity contribution in [2.75, 3.05) is 31.1 Å². The molecule has 7 heteroatoms. The summed E-state index contributed by atoms with van der Waals surface area (Å²) < 4.78 is 11.1. The van der Waals surface area contributed by atoms with E-state index in [4.69, 9.17) is 9.26 Å². The van der Waals surface area contributed by atoms with Crippen molar-refractivity contribution in [2.24, 2.45) is 0 Å². The van der Waals surface area contributed by atoms with Crippen LogP contribution < -0.4 is 4.90 Å². The summed E-state index contributed by atoms with van der Waals surface area (Å²) in [4.78, 5) is 21.1. The molecule has 3 heterocycles. The van der Waals surface area contributed by atoms with Gasteiger partial charge in [0.1, 0.15) is 0 Å². The lowest BCUT2D eigenvalue weighted by molar-refractivity contribution is -0.145. The minimum atomic E-state index is -0.361. The Morgan fingerprint density at radius 3 is 2.96 bits per heavy atom. The van der Waals surface area contributed by atoms with E-state index in [1.807, 2.05) is 24.0 Å².